The Kier molecular flexibility index (Phi) is 4.78. The van der Waals surface area contributed by atoms with Gasteiger partial charge in [0.15, 0.2) is 0 Å². The van der Waals surface area contributed by atoms with Gasteiger partial charge in [0, 0.05) is 11.4 Å². The normalized spacial score (nSPS) is 12.6. The lowest BCUT2D eigenvalue weighted by molar-refractivity contribution is 0.0933. The van der Waals surface area contributed by atoms with Crippen LogP contribution in [0.1, 0.15) is 44.0 Å². The molecule has 1 heterocycles. The first-order valence-electron chi connectivity index (χ1n) is 7.31. The Bertz CT molecular complexity index is 688. The van der Waals surface area contributed by atoms with Gasteiger partial charge in [-0.1, -0.05) is 32.0 Å². The molecule has 112 valence electrons. The molecule has 4 heteroatoms. The smallest absolute Gasteiger partial charge is 0.349 e. The minimum atomic E-state index is -0.595. The fraction of sp³-hybridized carbons (Fsp3) is 0.412. The maximum atomic E-state index is 12.2. The predicted molar refractivity (Wildman–Crippen MR) is 83.5 cm³/mol. The molecule has 21 heavy (non-hydrogen) atoms. The molecule has 0 bridgehead atoms. The zero-order valence-electron chi connectivity index (χ0n) is 12.7. The van der Waals surface area contributed by atoms with E-state index in [9.17, 15) is 9.59 Å². The maximum absolute atomic E-state index is 12.2. The molecule has 4 nitrogen and oxygen atoms in total. The van der Waals surface area contributed by atoms with E-state index in [1.807, 2.05) is 19.1 Å². The first kappa shape index (κ1) is 15.3. The molecule has 0 aliphatic rings. The van der Waals surface area contributed by atoms with Crippen molar-refractivity contribution in [3.63, 3.8) is 0 Å². The topological polar surface area (TPSA) is 59.3 Å². The molecule has 0 spiro atoms. The summed E-state index contributed by atoms with van der Waals surface area (Å²) in [6.07, 6.45) is 1.93. The van der Waals surface area contributed by atoms with Crippen LogP contribution in [-0.2, 0) is 0 Å². The lowest BCUT2D eigenvalue weighted by Gasteiger charge is -2.14. The van der Waals surface area contributed by atoms with Gasteiger partial charge in [0.05, 0.1) is 0 Å². The molecule has 0 fully saturated rings. The second kappa shape index (κ2) is 6.57. The Balaban J connectivity index is 2.15. The van der Waals surface area contributed by atoms with Gasteiger partial charge in [0.2, 0.25) is 0 Å². The van der Waals surface area contributed by atoms with Crippen molar-refractivity contribution in [2.24, 2.45) is 5.92 Å². The SMILES string of the molecule is CC(C)CCC(C)NC(=O)c1cc2ccccc2oc1=O. The van der Waals surface area contributed by atoms with Crippen LogP contribution in [0.3, 0.4) is 0 Å². The highest BCUT2D eigenvalue weighted by molar-refractivity contribution is 5.96. The van der Waals surface area contributed by atoms with Gasteiger partial charge in [-0.15, -0.1) is 0 Å². The Morgan fingerprint density at radius 2 is 1.90 bits per heavy atom. The summed E-state index contributed by atoms with van der Waals surface area (Å²) >= 11 is 0. The lowest BCUT2D eigenvalue weighted by Crippen LogP contribution is -2.35. The van der Waals surface area contributed by atoms with Gasteiger partial charge in [0.1, 0.15) is 11.1 Å². The number of carbonyl (C=O) groups excluding carboxylic acids is 1. The van der Waals surface area contributed by atoms with E-state index >= 15 is 0 Å². The zero-order chi connectivity index (χ0) is 15.4. The van der Waals surface area contributed by atoms with E-state index in [0.29, 0.717) is 11.5 Å². The van der Waals surface area contributed by atoms with Crippen molar-refractivity contribution in [1.29, 1.82) is 0 Å². The average Bonchev–Trinajstić information content (AvgIpc) is 2.44. The summed E-state index contributed by atoms with van der Waals surface area (Å²) in [6.45, 7) is 6.24. The number of amides is 1. The minimum Gasteiger partial charge on any atom is -0.422 e. The second-order valence-electron chi connectivity index (χ2n) is 5.83. The summed E-state index contributed by atoms with van der Waals surface area (Å²) < 4.78 is 5.18. The third kappa shape index (κ3) is 3.94. The summed E-state index contributed by atoms with van der Waals surface area (Å²) in [5, 5.41) is 3.61. The van der Waals surface area contributed by atoms with Gasteiger partial charge in [-0.25, -0.2) is 4.79 Å². The van der Waals surface area contributed by atoms with E-state index in [2.05, 4.69) is 19.2 Å². The van der Waals surface area contributed by atoms with Gasteiger partial charge >= 0.3 is 5.63 Å². The van der Waals surface area contributed by atoms with Crippen molar-refractivity contribution in [1.82, 2.24) is 5.32 Å². The summed E-state index contributed by atoms with van der Waals surface area (Å²) in [6, 6.07) is 8.78. The van der Waals surface area contributed by atoms with Crippen LogP contribution in [0.2, 0.25) is 0 Å². The number of benzene rings is 1. The third-order valence-corrected chi connectivity index (χ3v) is 3.44. The Morgan fingerprint density at radius 3 is 2.62 bits per heavy atom. The Hall–Kier alpha value is -2.10. The molecule has 0 radical (unpaired) electrons. The fourth-order valence-corrected chi connectivity index (χ4v) is 2.18. The highest BCUT2D eigenvalue weighted by atomic mass is 16.4. The molecule has 1 aromatic heterocycles. The van der Waals surface area contributed by atoms with Gasteiger partial charge in [0.25, 0.3) is 5.91 Å². The lowest BCUT2D eigenvalue weighted by atomic mass is 10.0. The molecule has 1 aromatic carbocycles. The van der Waals surface area contributed by atoms with Gasteiger partial charge in [-0.2, -0.15) is 0 Å². The van der Waals surface area contributed by atoms with Crippen molar-refractivity contribution >= 4 is 16.9 Å². The minimum absolute atomic E-state index is 0.0331. The predicted octanol–water partition coefficient (Wildman–Crippen LogP) is 3.35. The van der Waals surface area contributed by atoms with Crippen molar-refractivity contribution in [2.45, 2.75) is 39.7 Å². The van der Waals surface area contributed by atoms with Crippen molar-refractivity contribution < 1.29 is 9.21 Å². The fourth-order valence-electron chi connectivity index (χ4n) is 2.18. The van der Waals surface area contributed by atoms with Gasteiger partial charge in [-0.3, -0.25) is 4.79 Å². The maximum Gasteiger partial charge on any atom is 0.349 e. The van der Waals surface area contributed by atoms with Gasteiger partial charge < -0.3 is 9.73 Å². The monoisotopic (exact) mass is 287 g/mol. The number of rotatable bonds is 5. The van der Waals surface area contributed by atoms with Crippen molar-refractivity contribution in [3.8, 4) is 0 Å². The van der Waals surface area contributed by atoms with Gasteiger partial charge in [-0.05, 0) is 37.8 Å². The Labute approximate surface area is 124 Å². The van der Waals surface area contributed by atoms with E-state index in [4.69, 9.17) is 4.42 Å². The molecule has 2 rings (SSSR count). The number of fused-ring (bicyclic) bond motifs is 1. The number of carbonyl (C=O) groups is 1. The van der Waals surface area contributed by atoms with Crippen LogP contribution in [0.15, 0.2) is 39.5 Å². The number of hydrogen-bond donors (Lipinski definition) is 1. The van der Waals surface area contributed by atoms with Crippen molar-refractivity contribution in [2.75, 3.05) is 0 Å². The van der Waals surface area contributed by atoms with Crippen LogP contribution in [0.25, 0.3) is 11.0 Å². The van der Waals surface area contributed by atoms with E-state index in [-0.39, 0.29) is 17.5 Å². The molecular weight excluding hydrogens is 266 g/mol. The average molecular weight is 287 g/mol. The first-order valence-corrected chi connectivity index (χ1v) is 7.31. The molecule has 0 aliphatic carbocycles. The molecule has 0 saturated heterocycles. The highest BCUT2D eigenvalue weighted by Crippen LogP contribution is 2.13. The van der Waals surface area contributed by atoms with E-state index < -0.39 is 5.63 Å². The van der Waals surface area contributed by atoms with Crippen LogP contribution in [0.5, 0.6) is 0 Å². The molecule has 1 atom stereocenters. The quantitative estimate of drug-likeness (QED) is 0.858. The molecule has 1 unspecified atom stereocenters. The summed E-state index contributed by atoms with van der Waals surface area (Å²) in [7, 11) is 0. The molecule has 0 saturated carbocycles. The van der Waals surface area contributed by atoms with E-state index in [1.54, 1.807) is 18.2 Å². The Morgan fingerprint density at radius 1 is 1.19 bits per heavy atom. The highest BCUT2D eigenvalue weighted by Gasteiger charge is 2.15. The largest absolute Gasteiger partial charge is 0.422 e. The first-order chi connectivity index (χ1) is 9.97. The van der Waals surface area contributed by atoms with Crippen molar-refractivity contribution in [3.05, 3.63) is 46.3 Å². The second-order valence-corrected chi connectivity index (χ2v) is 5.83. The summed E-state index contributed by atoms with van der Waals surface area (Å²) in [4.78, 5) is 24.1. The molecule has 0 aliphatic heterocycles. The molecule has 1 amide bonds. The zero-order valence-corrected chi connectivity index (χ0v) is 12.7. The van der Waals surface area contributed by atoms with Crippen LogP contribution in [-0.4, -0.2) is 11.9 Å². The summed E-state index contributed by atoms with van der Waals surface area (Å²) in [5.74, 6) is 0.223. The standard InChI is InChI=1S/C17H21NO3/c1-11(2)8-9-12(3)18-16(19)14-10-13-6-4-5-7-15(13)21-17(14)20/h4-7,10-12H,8-9H2,1-3H3,(H,18,19). The van der Waals surface area contributed by atoms with E-state index in [1.165, 1.54) is 0 Å². The number of para-hydroxylation sites is 1. The van der Waals surface area contributed by atoms with Crippen LogP contribution < -0.4 is 10.9 Å². The summed E-state index contributed by atoms with van der Waals surface area (Å²) in [5.41, 5.74) is -0.0423. The van der Waals surface area contributed by atoms with Crippen LogP contribution in [0.4, 0.5) is 0 Å². The third-order valence-electron chi connectivity index (χ3n) is 3.44. The number of hydrogen-bond acceptors (Lipinski definition) is 3. The number of nitrogens with one attached hydrogen (secondary N) is 1. The van der Waals surface area contributed by atoms with E-state index in [0.717, 1.165) is 18.2 Å². The van der Waals surface area contributed by atoms with Crippen LogP contribution >= 0.6 is 0 Å². The molecule has 1 N–H and O–H groups in total. The molecular formula is C17H21NO3. The molecule has 2 aromatic rings. The van der Waals surface area contributed by atoms with Crippen LogP contribution in [0, 0.1) is 5.92 Å².